The van der Waals surface area contributed by atoms with Crippen LogP contribution in [0.3, 0.4) is 0 Å². The summed E-state index contributed by atoms with van der Waals surface area (Å²) in [6.07, 6.45) is 0. The molecule has 0 radical (unpaired) electrons. The molecule has 0 aliphatic carbocycles. The molecule has 2 saturated heterocycles. The molecule has 9 heteroatoms. The van der Waals surface area contributed by atoms with Gasteiger partial charge in [0, 0.05) is 43.4 Å². The molecule has 2 fully saturated rings. The molecule has 2 atom stereocenters. The average Bonchev–Trinajstić information content (AvgIpc) is 3.51. The molecule has 5 rings (SSSR count). The normalized spacial score (nSPS) is 22.4. The Bertz CT molecular complexity index is 1170. The first-order valence-corrected chi connectivity index (χ1v) is 10.8. The maximum absolute atomic E-state index is 13.1. The Morgan fingerprint density at radius 2 is 1.81 bits per heavy atom. The van der Waals surface area contributed by atoms with Gasteiger partial charge in [0.1, 0.15) is 6.54 Å². The number of carbonyl (C=O) groups excluding carboxylic acids is 2. The zero-order valence-electron chi connectivity index (χ0n) is 18.5. The third-order valence-corrected chi connectivity index (χ3v) is 6.61. The molecule has 2 amide bonds. The van der Waals surface area contributed by atoms with Crippen LogP contribution in [0.5, 0.6) is 0 Å². The Balaban J connectivity index is 1.40. The van der Waals surface area contributed by atoms with Crippen LogP contribution in [0.25, 0.3) is 0 Å². The van der Waals surface area contributed by atoms with Crippen molar-refractivity contribution >= 4 is 11.8 Å². The third kappa shape index (κ3) is 3.37. The molecule has 2 aliphatic heterocycles. The molecule has 0 bridgehead atoms. The summed E-state index contributed by atoms with van der Waals surface area (Å²) in [6.45, 7) is 7.80. The Kier molecular flexibility index (Phi) is 4.83. The Morgan fingerprint density at radius 1 is 1.09 bits per heavy atom. The standard InChI is InChI=1S/C23H26N6O3/c1-15-9-16(2)29(25-15)12-20(30)27-10-19-11-28(21(31)18-7-5-4-6-8-18)14-23(19,13-27)22-24-17(3)26-32-22/h4-9,19H,10-14H2,1-3H3/t19-,23-/m0/s1. The van der Waals surface area contributed by atoms with Crippen molar-refractivity contribution < 1.29 is 14.1 Å². The molecule has 9 nitrogen and oxygen atoms in total. The summed E-state index contributed by atoms with van der Waals surface area (Å²) in [5.74, 6) is 1.07. The van der Waals surface area contributed by atoms with Gasteiger partial charge in [-0.25, -0.2) is 0 Å². The monoisotopic (exact) mass is 434 g/mol. The molecule has 2 aliphatic rings. The van der Waals surface area contributed by atoms with E-state index in [1.165, 1.54) is 0 Å². The molecule has 1 aromatic carbocycles. The highest BCUT2D eigenvalue weighted by molar-refractivity contribution is 5.94. The van der Waals surface area contributed by atoms with Gasteiger partial charge in [0.15, 0.2) is 5.82 Å². The minimum absolute atomic E-state index is 0.00199. The van der Waals surface area contributed by atoms with Crippen LogP contribution < -0.4 is 0 Å². The summed E-state index contributed by atoms with van der Waals surface area (Å²) in [5, 5.41) is 8.41. The van der Waals surface area contributed by atoms with Gasteiger partial charge in [0.25, 0.3) is 5.91 Å². The number of rotatable bonds is 4. The fraction of sp³-hybridized carbons (Fsp3) is 0.435. The van der Waals surface area contributed by atoms with E-state index in [9.17, 15) is 9.59 Å². The summed E-state index contributed by atoms with van der Waals surface area (Å²) in [7, 11) is 0. The average molecular weight is 435 g/mol. The van der Waals surface area contributed by atoms with Crippen molar-refractivity contribution in [3.63, 3.8) is 0 Å². The molecular weight excluding hydrogens is 408 g/mol. The van der Waals surface area contributed by atoms with E-state index in [2.05, 4.69) is 15.2 Å². The van der Waals surface area contributed by atoms with Crippen LogP contribution >= 0.6 is 0 Å². The number of benzene rings is 1. The zero-order valence-corrected chi connectivity index (χ0v) is 18.5. The molecule has 0 N–H and O–H groups in total. The predicted octanol–water partition coefficient (Wildman–Crippen LogP) is 1.74. The van der Waals surface area contributed by atoms with E-state index in [4.69, 9.17) is 4.52 Å². The Labute approximate surface area is 186 Å². The van der Waals surface area contributed by atoms with Gasteiger partial charge >= 0.3 is 0 Å². The van der Waals surface area contributed by atoms with Crippen molar-refractivity contribution in [3.05, 3.63) is 65.1 Å². The van der Waals surface area contributed by atoms with Crippen LogP contribution in [0.4, 0.5) is 0 Å². The number of carbonyl (C=O) groups is 2. The first-order chi connectivity index (χ1) is 15.4. The maximum Gasteiger partial charge on any atom is 0.253 e. The summed E-state index contributed by atoms with van der Waals surface area (Å²) in [6, 6.07) is 11.2. The Hall–Kier alpha value is -3.49. The van der Waals surface area contributed by atoms with Crippen LogP contribution in [0.15, 0.2) is 40.9 Å². The molecular formula is C23H26N6O3. The molecule has 0 saturated carbocycles. The van der Waals surface area contributed by atoms with Crippen molar-refractivity contribution in [2.45, 2.75) is 32.7 Å². The van der Waals surface area contributed by atoms with Gasteiger partial charge in [-0.15, -0.1) is 0 Å². The lowest BCUT2D eigenvalue weighted by Crippen LogP contribution is -2.42. The second-order valence-corrected chi connectivity index (χ2v) is 8.91. The van der Waals surface area contributed by atoms with E-state index in [0.29, 0.717) is 43.5 Å². The first-order valence-electron chi connectivity index (χ1n) is 10.8. The lowest BCUT2D eigenvalue weighted by Gasteiger charge is -2.26. The van der Waals surface area contributed by atoms with Crippen molar-refractivity contribution in [1.82, 2.24) is 29.7 Å². The summed E-state index contributed by atoms with van der Waals surface area (Å²) < 4.78 is 7.34. The fourth-order valence-electron chi connectivity index (χ4n) is 5.04. The van der Waals surface area contributed by atoms with E-state index in [0.717, 1.165) is 11.4 Å². The summed E-state index contributed by atoms with van der Waals surface area (Å²) in [5.41, 5.74) is 1.94. The van der Waals surface area contributed by atoms with E-state index in [1.54, 1.807) is 11.6 Å². The van der Waals surface area contributed by atoms with Crippen molar-refractivity contribution in [2.75, 3.05) is 26.2 Å². The van der Waals surface area contributed by atoms with Crippen molar-refractivity contribution in [3.8, 4) is 0 Å². The van der Waals surface area contributed by atoms with Gasteiger partial charge in [-0.3, -0.25) is 14.3 Å². The summed E-state index contributed by atoms with van der Waals surface area (Å²) >= 11 is 0. The second kappa shape index (κ2) is 7.58. The molecule has 166 valence electrons. The second-order valence-electron chi connectivity index (χ2n) is 8.91. The van der Waals surface area contributed by atoms with Gasteiger partial charge in [0.05, 0.1) is 11.1 Å². The summed E-state index contributed by atoms with van der Waals surface area (Å²) in [4.78, 5) is 34.5. The lowest BCUT2D eigenvalue weighted by molar-refractivity contribution is -0.131. The van der Waals surface area contributed by atoms with Gasteiger partial charge in [-0.05, 0) is 39.0 Å². The minimum atomic E-state index is -0.559. The van der Waals surface area contributed by atoms with Gasteiger partial charge in [-0.1, -0.05) is 23.4 Å². The number of aromatic nitrogens is 4. The topological polar surface area (TPSA) is 97.4 Å². The van der Waals surface area contributed by atoms with E-state index in [1.807, 2.05) is 60.0 Å². The lowest BCUT2D eigenvalue weighted by atomic mass is 9.81. The van der Waals surface area contributed by atoms with Crippen LogP contribution in [0.1, 0.15) is 33.5 Å². The predicted molar refractivity (Wildman–Crippen MR) is 115 cm³/mol. The quantitative estimate of drug-likeness (QED) is 0.621. The molecule has 3 aromatic rings. The number of aryl methyl sites for hydroxylation is 3. The largest absolute Gasteiger partial charge is 0.340 e. The fourth-order valence-corrected chi connectivity index (χ4v) is 5.04. The van der Waals surface area contributed by atoms with Gasteiger partial charge in [-0.2, -0.15) is 10.1 Å². The highest BCUT2D eigenvalue weighted by Gasteiger charge is 2.58. The van der Waals surface area contributed by atoms with E-state index >= 15 is 0 Å². The molecule has 2 aromatic heterocycles. The molecule has 0 spiro atoms. The molecule has 0 unspecified atom stereocenters. The maximum atomic E-state index is 13.1. The number of hydrogen-bond donors (Lipinski definition) is 0. The number of fused-ring (bicyclic) bond motifs is 1. The minimum Gasteiger partial charge on any atom is -0.340 e. The first kappa shape index (κ1) is 20.4. The Morgan fingerprint density at radius 3 is 2.47 bits per heavy atom. The smallest absolute Gasteiger partial charge is 0.253 e. The number of hydrogen-bond acceptors (Lipinski definition) is 6. The molecule has 32 heavy (non-hydrogen) atoms. The SMILES string of the molecule is Cc1cc(C)n(CC(=O)N2C[C@H]3CN(C(=O)c4ccccc4)C[C@@]3(c3nc(C)no3)C2)n1. The van der Waals surface area contributed by atoms with Gasteiger partial charge < -0.3 is 14.3 Å². The number of nitrogens with zero attached hydrogens (tertiary/aromatic N) is 6. The molecule has 4 heterocycles. The van der Waals surface area contributed by atoms with E-state index in [-0.39, 0.29) is 24.3 Å². The van der Waals surface area contributed by atoms with E-state index < -0.39 is 5.41 Å². The van der Waals surface area contributed by atoms with Crippen LogP contribution in [0.2, 0.25) is 0 Å². The number of likely N-dealkylation sites (tertiary alicyclic amines) is 2. The highest BCUT2D eigenvalue weighted by Crippen LogP contribution is 2.44. The van der Waals surface area contributed by atoms with Crippen molar-refractivity contribution in [2.24, 2.45) is 5.92 Å². The van der Waals surface area contributed by atoms with Crippen molar-refractivity contribution in [1.29, 1.82) is 0 Å². The number of amides is 2. The van der Waals surface area contributed by atoms with Crippen LogP contribution in [0, 0.1) is 26.7 Å². The van der Waals surface area contributed by atoms with Gasteiger partial charge in [0.2, 0.25) is 11.8 Å². The van der Waals surface area contributed by atoms with Crippen LogP contribution in [-0.2, 0) is 16.8 Å². The van der Waals surface area contributed by atoms with Crippen LogP contribution in [-0.4, -0.2) is 67.7 Å². The third-order valence-electron chi connectivity index (χ3n) is 6.61. The highest BCUT2D eigenvalue weighted by atomic mass is 16.5. The zero-order chi connectivity index (χ0) is 22.5.